The number of carbonyl (C=O) groups is 2. The van der Waals surface area contributed by atoms with E-state index in [-0.39, 0.29) is 36.2 Å². The van der Waals surface area contributed by atoms with Crippen LogP contribution < -0.4 is 10.1 Å². The normalized spacial score (nSPS) is 12.3. The molecule has 0 aromatic heterocycles. The van der Waals surface area contributed by atoms with E-state index in [1.54, 1.807) is 42.3 Å². The third-order valence-corrected chi connectivity index (χ3v) is 7.41. The zero-order valence-electron chi connectivity index (χ0n) is 20.4. The number of benzene rings is 2. The summed E-state index contributed by atoms with van der Waals surface area (Å²) >= 11 is 0. The van der Waals surface area contributed by atoms with Crippen molar-refractivity contribution in [2.45, 2.75) is 50.6 Å². The minimum absolute atomic E-state index is 0.120. The maximum atomic E-state index is 13.3. The number of ether oxygens (including phenoxy) is 1. The molecule has 34 heavy (non-hydrogen) atoms. The Bertz CT molecular complexity index is 1040. The van der Waals surface area contributed by atoms with Crippen molar-refractivity contribution in [3.63, 3.8) is 0 Å². The number of hydrogen-bond acceptors (Lipinski definition) is 5. The van der Waals surface area contributed by atoms with Gasteiger partial charge in [0.2, 0.25) is 21.8 Å². The lowest BCUT2D eigenvalue weighted by Gasteiger charge is -2.31. The van der Waals surface area contributed by atoms with E-state index in [1.807, 2.05) is 38.1 Å². The Morgan fingerprint density at radius 3 is 2.38 bits per heavy atom. The molecule has 1 N–H and O–H groups in total. The summed E-state index contributed by atoms with van der Waals surface area (Å²) in [6, 6.07) is 15.0. The van der Waals surface area contributed by atoms with Gasteiger partial charge in [-0.15, -0.1) is 0 Å². The summed E-state index contributed by atoms with van der Waals surface area (Å²) in [5, 5.41) is 2.81. The predicted octanol–water partition coefficient (Wildman–Crippen LogP) is 3.04. The van der Waals surface area contributed by atoms with Gasteiger partial charge in [0.05, 0.1) is 12.0 Å². The summed E-state index contributed by atoms with van der Waals surface area (Å²) in [7, 11) is -0.545. The van der Waals surface area contributed by atoms with Gasteiger partial charge in [0.1, 0.15) is 11.8 Å². The Balaban J connectivity index is 2.13. The molecule has 2 aromatic rings. The number of hydrogen-bond donors (Lipinski definition) is 1. The van der Waals surface area contributed by atoms with Crippen molar-refractivity contribution in [2.24, 2.45) is 0 Å². The highest BCUT2D eigenvalue weighted by atomic mass is 32.2. The molecule has 0 heterocycles. The fourth-order valence-electron chi connectivity index (χ4n) is 3.67. The second kappa shape index (κ2) is 13.1. The number of carbonyl (C=O) groups excluding carboxylic acids is 2. The van der Waals surface area contributed by atoms with E-state index < -0.39 is 16.1 Å². The maximum absolute atomic E-state index is 13.3. The number of rotatable bonds is 13. The lowest BCUT2D eigenvalue weighted by atomic mass is 10.1. The molecule has 186 valence electrons. The van der Waals surface area contributed by atoms with Crippen LogP contribution in [0.4, 0.5) is 0 Å². The largest absolute Gasteiger partial charge is 0.497 e. The average Bonchev–Trinajstić information content (AvgIpc) is 2.84. The summed E-state index contributed by atoms with van der Waals surface area (Å²) in [5.74, 6) is 0.264. The molecule has 0 fully saturated rings. The number of nitrogens with one attached hydrogen (secondary N) is 1. The SMILES string of the molecule is CCNC(=O)[C@H](CC)N(Cc1cccc(OC)c1)C(=O)CCCN(C)S(=O)(=O)c1ccccc1. The monoisotopic (exact) mass is 489 g/mol. The molecule has 2 amide bonds. The third-order valence-electron chi connectivity index (χ3n) is 5.54. The molecule has 0 saturated heterocycles. The van der Waals surface area contributed by atoms with Crippen LogP contribution in [0, 0.1) is 0 Å². The average molecular weight is 490 g/mol. The molecule has 0 radical (unpaired) electrons. The Labute approximate surface area is 202 Å². The Morgan fingerprint density at radius 2 is 1.76 bits per heavy atom. The van der Waals surface area contributed by atoms with Crippen molar-refractivity contribution < 1.29 is 22.7 Å². The van der Waals surface area contributed by atoms with Crippen molar-refractivity contribution in [2.75, 3.05) is 27.2 Å². The van der Waals surface area contributed by atoms with Gasteiger partial charge in [0, 0.05) is 33.1 Å². The molecule has 9 heteroatoms. The van der Waals surface area contributed by atoms with Gasteiger partial charge in [-0.05, 0) is 49.6 Å². The Kier molecular flexibility index (Phi) is 10.5. The summed E-state index contributed by atoms with van der Waals surface area (Å²) in [5.41, 5.74) is 0.847. The van der Waals surface area contributed by atoms with E-state index in [4.69, 9.17) is 4.74 Å². The molecule has 8 nitrogen and oxygen atoms in total. The molecule has 0 aliphatic rings. The molecule has 0 saturated carbocycles. The van der Waals surface area contributed by atoms with Gasteiger partial charge in [-0.25, -0.2) is 12.7 Å². The van der Waals surface area contributed by atoms with Crippen LogP contribution >= 0.6 is 0 Å². The van der Waals surface area contributed by atoms with Crippen LogP contribution in [0.25, 0.3) is 0 Å². The van der Waals surface area contributed by atoms with Crippen LogP contribution in [-0.2, 0) is 26.2 Å². The number of amides is 2. The topological polar surface area (TPSA) is 96.0 Å². The van der Waals surface area contributed by atoms with Crippen LogP contribution in [0.3, 0.4) is 0 Å². The van der Waals surface area contributed by atoms with E-state index in [0.29, 0.717) is 25.1 Å². The zero-order valence-corrected chi connectivity index (χ0v) is 21.2. The fourth-order valence-corrected chi connectivity index (χ4v) is 4.90. The van der Waals surface area contributed by atoms with Crippen molar-refractivity contribution >= 4 is 21.8 Å². The standard InChI is InChI=1S/C25H35N3O5S/c1-5-23(25(30)26-6-2)28(19-20-12-10-13-21(18-20)33-4)24(29)16-11-17-27(3)34(31,32)22-14-8-7-9-15-22/h7-10,12-15,18,23H,5-6,11,16-17,19H2,1-4H3,(H,26,30)/t23-/m0/s1. The molecule has 0 bridgehead atoms. The number of methoxy groups -OCH3 is 1. The van der Waals surface area contributed by atoms with Gasteiger partial charge >= 0.3 is 0 Å². The second-order valence-electron chi connectivity index (χ2n) is 7.93. The molecule has 0 unspecified atom stereocenters. The van der Waals surface area contributed by atoms with Crippen LogP contribution in [0.2, 0.25) is 0 Å². The molecule has 0 aliphatic carbocycles. The third kappa shape index (κ3) is 7.30. The first-order valence-electron chi connectivity index (χ1n) is 11.5. The van der Waals surface area contributed by atoms with Gasteiger partial charge in [0.15, 0.2) is 0 Å². The lowest BCUT2D eigenvalue weighted by Crippen LogP contribution is -2.49. The van der Waals surface area contributed by atoms with E-state index in [2.05, 4.69) is 5.32 Å². The maximum Gasteiger partial charge on any atom is 0.242 e. The van der Waals surface area contributed by atoms with Gasteiger partial charge in [-0.2, -0.15) is 0 Å². The molecule has 0 aliphatic heterocycles. The van der Waals surface area contributed by atoms with E-state index in [9.17, 15) is 18.0 Å². The molecule has 2 rings (SSSR count). The zero-order chi connectivity index (χ0) is 25.1. The van der Waals surface area contributed by atoms with Gasteiger partial charge in [-0.1, -0.05) is 37.3 Å². The van der Waals surface area contributed by atoms with E-state index in [1.165, 1.54) is 11.4 Å². The lowest BCUT2D eigenvalue weighted by molar-refractivity contribution is -0.141. The Morgan fingerprint density at radius 1 is 1.06 bits per heavy atom. The summed E-state index contributed by atoms with van der Waals surface area (Å²) < 4.78 is 32.0. The van der Waals surface area contributed by atoms with Gasteiger partial charge in [0.25, 0.3) is 0 Å². The number of nitrogens with zero attached hydrogens (tertiary/aromatic N) is 2. The van der Waals surface area contributed by atoms with Crippen molar-refractivity contribution in [1.82, 2.24) is 14.5 Å². The second-order valence-corrected chi connectivity index (χ2v) is 9.98. The highest BCUT2D eigenvalue weighted by molar-refractivity contribution is 7.89. The highest BCUT2D eigenvalue weighted by Gasteiger charge is 2.28. The number of sulfonamides is 1. The quantitative estimate of drug-likeness (QED) is 0.467. The minimum atomic E-state index is -3.62. The molecular formula is C25H35N3O5S. The molecule has 2 aromatic carbocycles. The highest BCUT2D eigenvalue weighted by Crippen LogP contribution is 2.19. The van der Waals surface area contributed by atoms with E-state index >= 15 is 0 Å². The first-order chi connectivity index (χ1) is 16.2. The van der Waals surface area contributed by atoms with Crippen LogP contribution in [-0.4, -0.2) is 62.7 Å². The minimum Gasteiger partial charge on any atom is -0.497 e. The van der Waals surface area contributed by atoms with Crippen molar-refractivity contribution in [1.29, 1.82) is 0 Å². The van der Waals surface area contributed by atoms with Crippen molar-refractivity contribution in [3.8, 4) is 5.75 Å². The van der Waals surface area contributed by atoms with Gasteiger partial charge in [-0.3, -0.25) is 9.59 Å². The van der Waals surface area contributed by atoms with Gasteiger partial charge < -0.3 is 15.0 Å². The summed E-state index contributed by atoms with van der Waals surface area (Å²) in [6.45, 7) is 4.62. The first kappa shape index (κ1) is 27.3. The van der Waals surface area contributed by atoms with E-state index in [0.717, 1.165) is 5.56 Å². The van der Waals surface area contributed by atoms with Crippen LogP contribution in [0.1, 0.15) is 38.7 Å². The smallest absolute Gasteiger partial charge is 0.242 e. The Hall–Kier alpha value is -2.91. The molecule has 1 atom stereocenters. The molecular weight excluding hydrogens is 454 g/mol. The predicted molar refractivity (Wildman–Crippen MR) is 132 cm³/mol. The first-order valence-corrected chi connectivity index (χ1v) is 12.9. The van der Waals surface area contributed by atoms with Crippen molar-refractivity contribution in [3.05, 3.63) is 60.2 Å². The summed E-state index contributed by atoms with van der Waals surface area (Å²) in [4.78, 5) is 27.7. The van der Waals surface area contributed by atoms with Crippen LogP contribution in [0.5, 0.6) is 5.75 Å². The molecule has 0 spiro atoms. The fraction of sp³-hybridized carbons (Fsp3) is 0.440. The van der Waals surface area contributed by atoms with Crippen LogP contribution in [0.15, 0.2) is 59.5 Å². The summed E-state index contributed by atoms with van der Waals surface area (Å²) in [6.07, 6.45) is 0.917. The number of likely N-dealkylation sites (N-methyl/N-ethyl adjacent to an activating group) is 1.